The van der Waals surface area contributed by atoms with E-state index >= 15 is 0 Å². The monoisotopic (exact) mass is 283 g/mol. The van der Waals surface area contributed by atoms with E-state index in [9.17, 15) is 4.79 Å². The van der Waals surface area contributed by atoms with Gasteiger partial charge >= 0.3 is 5.97 Å². The Morgan fingerprint density at radius 3 is 2.67 bits per heavy atom. The van der Waals surface area contributed by atoms with Crippen LogP contribution in [-0.2, 0) is 0 Å². The molecule has 2 rings (SSSR count). The summed E-state index contributed by atoms with van der Waals surface area (Å²) in [4.78, 5) is 20.4. The Labute approximate surface area is 113 Å². The molecule has 0 fully saturated rings. The van der Waals surface area contributed by atoms with Crippen molar-refractivity contribution in [2.24, 2.45) is 0 Å². The Balaban J connectivity index is 2.11. The molecule has 1 unspecified atom stereocenters. The lowest BCUT2D eigenvalue weighted by Crippen LogP contribution is -2.07. The molecule has 2 N–H and O–H groups in total. The molecule has 1 atom stereocenters. The maximum atomic E-state index is 10.8. The summed E-state index contributed by atoms with van der Waals surface area (Å²) in [5.41, 5.74) is 1.11. The summed E-state index contributed by atoms with van der Waals surface area (Å²) in [6.07, 6.45) is 0. The number of rotatable bonds is 4. The number of thiazole rings is 2. The number of nitrogens with zero attached hydrogens (tertiary/aromatic N) is 2. The number of aromatic carboxylic acids is 1. The second kappa shape index (κ2) is 5.03. The van der Waals surface area contributed by atoms with E-state index in [-0.39, 0.29) is 11.7 Å². The number of carboxylic acids is 1. The van der Waals surface area contributed by atoms with Crippen molar-refractivity contribution < 1.29 is 9.90 Å². The molecular formula is C11H13N3O2S2. The fourth-order valence-corrected chi connectivity index (χ4v) is 3.07. The molecular weight excluding hydrogens is 270 g/mol. The van der Waals surface area contributed by atoms with E-state index in [1.54, 1.807) is 16.7 Å². The second-order valence-electron chi connectivity index (χ2n) is 3.90. The van der Waals surface area contributed by atoms with Crippen molar-refractivity contribution >= 4 is 33.8 Å². The minimum absolute atomic E-state index is 0.0481. The predicted octanol–water partition coefficient (Wildman–Crippen LogP) is 3.09. The minimum atomic E-state index is -0.995. The third-order valence-electron chi connectivity index (χ3n) is 2.48. The smallest absolute Gasteiger partial charge is 0.355 e. The van der Waals surface area contributed by atoms with Crippen LogP contribution in [-0.4, -0.2) is 21.0 Å². The standard InChI is InChI=1S/C11H13N3O2S2/c1-5-7(3)18-11(12-5)13-6(2)9-14-8(4-17-9)10(15)16/h4,6H,1-3H3,(H,12,13)(H,15,16). The molecule has 0 amide bonds. The van der Waals surface area contributed by atoms with Crippen LogP contribution < -0.4 is 5.32 Å². The molecule has 0 aliphatic heterocycles. The van der Waals surface area contributed by atoms with Gasteiger partial charge in [0.2, 0.25) is 0 Å². The van der Waals surface area contributed by atoms with Gasteiger partial charge in [-0.2, -0.15) is 0 Å². The summed E-state index contributed by atoms with van der Waals surface area (Å²) < 4.78 is 0. The number of aromatic nitrogens is 2. The Bertz CT molecular complexity index is 557. The van der Waals surface area contributed by atoms with Gasteiger partial charge in [-0.05, 0) is 20.8 Å². The highest BCUT2D eigenvalue weighted by atomic mass is 32.1. The Hall–Kier alpha value is -1.47. The van der Waals surface area contributed by atoms with Crippen LogP contribution in [0.4, 0.5) is 5.13 Å². The van der Waals surface area contributed by atoms with Crippen molar-refractivity contribution in [3.8, 4) is 0 Å². The van der Waals surface area contributed by atoms with Gasteiger partial charge in [-0.1, -0.05) is 0 Å². The SMILES string of the molecule is Cc1nc(NC(C)c2nc(C(=O)O)cs2)sc1C. The molecule has 0 saturated carbocycles. The van der Waals surface area contributed by atoms with E-state index < -0.39 is 5.97 Å². The number of hydrogen-bond acceptors (Lipinski definition) is 6. The van der Waals surface area contributed by atoms with Crippen LogP contribution in [0.15, 0.2) is 5.38 Å². The first-order valence-electron chi connectivity index (χ1n) is 5.36. The Kier molecular flexibility index (Phi) is 3.63. The maximum Gasteiger partial charge on any atom is 0.355 e. The molecule has 0 saturated heterocycles. The zero-order valence-electron chi connectivity index (χ0n) is 10.2. The van der Waals surface area contributed by atoms with E-state index in [2.05, 4.69) is 15.3 Å². The third-order valence-corrected chi connectivity index (χ3v) is 4.51. The zero-order valence-corrected chi connectivity index (χ0v) is 11.9. The molecule has 0 aromatic carbocycles. The minimum Gasteiger partial charge on any atom is -0.476 e. The van der Waals surface area contributed by atoms with Crippen LogP contribution >= 0.6 is 22.7 Å². The topological polar surface area (TPSA) is 75.1 Å². The van der Waals surface area contributed by atoms with E-state index in [0.29, 0.717) is 0 Å². The zero-order chi connectivity index (χ0) is 13.3. The molecule has 2 aromatic rings. The molecule has 0 aliphatic rings. The summed E-state index contributed by atoms with van der Waals surface area (Å²) in [5.74, 6) is -0.995. The Morgan fingerprint density at radius 1 is 1.44 bits per heavy atom. The summed E-state index contributed by atoms with van der Waals surface area (Å²) in [7, 11) is 0. The fraction of sp³-hybridized carbons (Fsp3) is 0.364. The van der Waals surface area contributed by atoms with Gasteiger partial charge < -0.3 is 10.4 Å². The van der Waals surface area contributed by atoms with Gasteiger partial charge in [-0.3, -0.25) is 0 Å². The number of hydrogen-bond donors (Lipinski definition) is 2. The van der Waals surface area contributed by atoms with Crippen LogP contribution in [0.5, 0.6) is 0 Å². The van der Waals surface area contributed by atoms with Crippen molar-refractivity contribution in [3.63, 3.8) is 0 Å². The Morgan fingerprint density at radius 2 is 2.17 bits per heavy atom. The second-order valence-corrected chi connectivity index (χ2v) is 6.00. The summed E-state index contributed by atoms with van der Waals surface area (Å²) in [6.45, 7) is 5.93. The normalized spacial score (nSPS) is 12.4. The molecule has 0 radical (unpaired) electrons. The van der Waals surface area contributed by atoms with Gasteiger partial charge in [0.05, 0.1) is 11.7 Å². The lowest BCUT2D eigenvalue weighted by Gasteiger charge is -2.08. The van der Waals surface area contributed by atoms with Crippen molar-refractivity contribution in [1.29, 1.82) is 0 Å². The predicted molar refractivity (Wildman–Crippen MR) is 72.7 cm³/mol. The van der Waals surface area contributed by atoms with E-state index in [1.807, 2.05) is 20.8 Å². The van der Waals surface area contributed by atoms with Gasteiger partial charge in [0.25, 0.3) is 0 Å². The number of carboxylic acid groups (broad SMARTS) is 1. The van der Waals surface area contributed by atoms with Gasteiger partial charge in [-0.25, -0.2) is 14.8 Å². The lowest BCUT2D eigenvalue weighted by atomic mass is 10.3. The number of aryl methyl sites for hydroxylation is 2. The molecule has 7 heteroatoms. The molecule has 5 nitrogen and oxygen atoms in total. The van der Waals surface area contributed by atoms with Crippen molar-refractivity contribution in [2.45, 2.75) is 26.8 Å². The largest absolute Gasteiger partial charge is 0.476 e. The highest BCUT2D eigenvalue weighted by Gasteiger charge is 2.15. The average Bonchev–Trinajstić information content (AvgIpc) is 2.87. The fourth-order valence-electron chi connectivity index (χ4n) is 1.37. The van der Waals surface area contributed by atoms with Gasteiger partial charge in [0.1, 0.15) is 5.01 Å². The van der Waals surface area contributed by atoms with Gasteiger partial charge in [0, 0.05) is 10.3 Å². The number of anilines is 1. The summed E-state index contributed by atoms with van der Waals surface area (Å²) in [5, 5.41) is 15.2. The molecule has 2 heterocycles. The highest BCUT2D eigenvalue weighted by Crippen LogP contribution is 2.27. The quantitative estimate of drug-likeness (QED) is 0.902. The molecule has 96 valence electrons. The summed E-state index contributed by atoms with van der Waals surface area (Å²) >= 11 is 2.93. The number of carbonyl (C=O) groups is 1. The lowest BCUT2D eigenvalue weighted by molar-refractivity contribution is 0.0691. The van der Waals surface area contributed by atoms with Crippen LogP contribution in [0.3, 0.4) is 0 Å². The first-order chi connectivity index (χ1) is 8.47. The highest BCUT2D eigenvalue weighted by molar-refractivity contribution is 7.15. The van der Waals surface area contributed by atoms with Gasteiger partial charge in [-0.15, -0.1) is 22.7 Å². The van der Waals surface area contributed by atoms with Crippen molar-refractivity contribution in [3.05, 3.63) is 26.7 Å². The first kappa shape index (κ1) is 13.0. The average molecular weight is 283 g/mol. The molecule has 0 aliphatic carbocycles. The van der Waals surface area contributed by atoms with Crippen molar-refractivity contribution in [2.75, 3.05) is 5.32 Å². The third kappa shape index (κ3) is 2.68. The number of nitrogens with one attached hydrogen (secondary N) is 1. The first-order valence-corrected chi connectivity index (χ1v) is 7.06. The molecule has 18 heavy (non-hydrogen) atoms. The van der Waals surface area contributed by atoms with E-state index in [1.165, 1.54) is 16.2 Å². The molecule has 0 bridgehead atoms. The van der Waals surface area contributed by atoms with Crippen LogP contribution in [0, 0.1) is 13.8 Å². The van der Waals surface area contributed by atoms with Crippen LogP contribution in [0.2, 0.25) is 0 Å². The maximum absolute atomic E-state index is 10.8. The van der Waals surface area contributed by atoms with Gasteiger partial charge in [0.15, 0.2) is 10.8 Å². The van der Waals surface area contributed by atoms with Crippen LogP contribution in [0.1, 0.15) is 39.0 Å². The summed E-state index contributed by atoms with van der Waals surface area (Å²) in [6, 6.07) is -0.0481. The van der Waals surface area contributed by atoms with E-state index in [0.717, 1.165) is 15.8 Å². The van der Waals surface area contributed by atoms with Crippen LogP contribution in [0.25, 0.3) is 0 Å². The molecule has 2 aromatic heterocycles. The van der Waals surface area contributed by atoms with E-state index in [4.69, 9.17) is 5.11 Å². The van der Waals surface area contributed by atoms with Crippen molar-refractivity contribution in [1.82, 2.24) is 9.97 Å². The molecule has 0 spiro atoms.